The van der Waals surface area contributed by atoms with E-state index >= 15 is 0 Å². The van der Waals surface area contributed by atoms with Gasteiger partial charge in [-0.05, 0) is 46.2 Å². The molecule has 0 amide bonds. The fraction of sp³-hybridized carbons (Fsp3) is 0. The second-order valence-electron chi connectivity index (χ2n) is 8.62. The third-order valence-electron chi connectivity index (χ3n) is 6.18. The molecule has 0 atom stereocenters. The normalized spacial score (nSPS) is 10.8. The number of rotatable bonds is 4. The van der Waals surface area contributed by atoms with Gasteiger partial charge in [0.1, 0.15) is 0 Å². The molecule has 6 rings (SSSR count). The summed E-state index contributed by atoms with van der Waals surface area (Å²) in [6.45, 7) is 7.26. The SMILES string of the molecule is [C-]#[N+]c1ccc(-c2nc(-c3cccc(-c4cccc(Cl)c4)c3)nc(-c3ccc4ccccc4c3)n2)cc1. The van der Waals surface area contributed by atoms with E-state index in [0.717, 1.165) is 38.6 Å². The van der Waals surface area contributed by atoms with Crippen molar-refractivity contribution in [2.75, 3.05) is 0 Å². The van der Waals surface area contributed by atoms with Crippen LogP contribution in [-0.4, -0.2) is 15.0 Å². The molecule has 0 bridgehead atoms. The van der Waals surface area contributed by atoms with Crippen LogP contribution >= 0.6 is 11.6 Å². The molecule has 0 fully saturated rings. The van der Waals surface area contributed by atoms with Gasteiger partial charge in [0.2, 0.25) is 0 Å². The summed E-state index contributed by atoms with van der Waals surface area (Å²) < 4.78 is 0. The van der Waals surface area contributed by atoms with Gasteiger partial charge in [-0.3, -0.25) is 0 Å². The predicted octanol–water partition coefficient (Wildman–Crippen LogP) is 8.90. The molecule has 5 heteroatoms. The number of halogens is 1. The van der Waals surface area contributed by atoms with Crippen molar-refractivity contribution < 1.29 is 0 Å². The van der Waals surface area contributed by atoms with Crippen molar-refractivity contribution in [2.24, 2.45) is 0 Å². The van der Waals surface area contributed by atoms with E-state index in [-0.39, 0.29) is 0 Å². The molecule has 0 N–H and O–H groups in total. The van der Waals surface area contributed by atoms with Crippen molar-refractivity contribution in [1.82, 2.24) is 15.0 Å². The first kappa shape index (κ1) is 22.6. The number of benzene rings is 5. The Kier molecular flexibility index (Phi) is 5.90. The van der Waals surface area contributed by atoms with Gasteiger partial charge in [0.15, 0.2) is 23.2 Å². The number of nitrogens with zero attached hydrogens (tertiary/aromatic N) is 4. The second-order valence-corrected chi connectivity index (χ2v) is 9.05. The largest absolute Gasteiger partial charge is 0.238 e. The molecule has 0 unspecified atom stereocenters. The Balaban J connectivity index is 1.52. The van der Waals surface area contributed by atoms with Crippen LogP contribution in [0.2, 0.25) is 5.02 Å². The van der Waals surface area contributed by atoms with E-state index in [1.165, 1.54) is 0 Å². The molecule has 1 aromatic heterocycles. The fourth-order valence-corrected chi connectivity index (χ4v) is 4.47. The summed E-state index contributed by atoms with van der Waals surface area (Å²) >= 11 is 6.24. The van der Waals surface area contributed by atoms with Gasteiger partial charge in [-0.25, -0.2) is 19.8 Å². The van der Waals surface area contributed by atoms with Gasteiger partial charge in [0.25, 0.3) is 0 Å². The molecule has 0 saturated heterocycles. The Bertz CT molecular complexity index is 1800. The van der Waals surface area contributed by atoms with E-state index in [9.17, 15) is 0 Å². The summed E-state index contributed by atoms with van der Waals surface area (Å²) in [4.78, 5) is 18.1. The molecule has 0 aliphatic heterocycles. The lowest BCUT2D eigenvalue weighted by molar-refractivity contribution is 1.07. The minimum Gasteiger partial charge on any atom is -0.238 e. The van der Waals surface area contributed by atoms with Crippen LogP contribution in [-0.2, 0) is 0 Å². The van der Waals surface area contributed by atoms with Crippen LogP contribution in [0, 0.1) is 6.57 Å². The van der Waals surface area contributed by atoms with E-state index in [1.807, 2.05) is 72.8 Å². The summed E-state index contributed by atoms with van der Waals surface area (Å²) in [6, 6.07) is 37.6. The lowest BCUT2D eigenvalue weighted by atomic mass is 10.0. The molecular weight excluding hydrogens is 476 g/mol. The Morgan fingerprint density at radius 1 is 0.486 bits per heavy atom. The van der Waals surface area contributed by atoms with Crippen molar-refractivity contribution in [3.63, 3.8) is 0 Å². The van der Waals surface area contributed by atoms with E-state index in [4.69, 9.17) is 33.1 Å². The summed E-state index contributed by atoms with van der Waals surface area (Å²) in [5, 5.41) is 2.96. The average molecular weight is 495 g/mol. The highest BCUT2D eigenvalue weighted by molar-refractivity contribution is 6.30. The smallest absolute Gasteiger partial charge is 0.187 e. The van der Waals surface area contributed by atoms with Gasteiger partial charge in [-0.1, -0.05) is 103 Å². The Morgan fingerprint density at radius 2 is 1.05 bits per heavy atom. The molecule has 0 radical (unpaired) electrons. The molecule has 6 aromatic rings. The highest BCUT2D eigenvalue weighted by atomic mass is 35.5. The minimum atomic E-state index is 0.554. The standard InChI is InChI=1S/C32H19ClN4/c1-34-29-16-14-22(15-17-29)30-35-31(26-10-4-8-24(19-26)25-9-5-11-28(33)20-25)37-32(36-30)27-13-12-21-6-2-3-7-23(21)18-27/h2-20H. The lowest BCUT2D eigenvalue weighted by Gasteiger charge is -2.10. The maximum atomic E-state index is 7.26. The number of hydrogen-bond donors (Lipinski definition) is 0. The minimum absolute atomic E-state index is 0.554. The average Bonchev–Trinajstić information content (AvgIpc) is 2.97. The van der Waals surface area contributed by atoms with Gasteiger partial charge >= 0.3 is 0 Å². The first-order valence-corrected chi connectivity index (χ1v) is 12.1. The third kappa shape index (κ3) is 4.69. The highest BCUT2D eigenvalue weighted by Gasteiger charge is 2.13. The second kappa shape index (κ2) is 9.66. The van der Waals surface area contributed by atoms with Gasteiger partial charge in [-0.15, -0.1) is 0 Å². The topological polar surface area (TPSA) is 43.0 Å². The van der Waals surface area contributed by atoms with E-state index < -0.39 is 0 Å². The van der Waals surface area contributed by atoms with Crippen molar-refractivity contribution in [2.45, 2.75) is 0 Å². The zero-order valence-electron chi connectivity index (χ0n) is 19.6. The number of fused-ring (bicyclic) bond motifs is 1. The van der Waals surface area contributed by atoms with Crippen LogP contribution in [0.1, 0.15) is 0 Å². The highest BCUT2D eigenvalue weighted by Crippen LogP contribution is 2.30. The Labute approximate surface area is 219 Å². The quantitative estimate of drug-likeness (QED) is 0.230. The maximum Gasteiger partial charge on any atom is 0.187 e. The van der Waals surface area contributed by atoms with Crippen LogP contribution in [0.4, 0.5) is 5.69 Å². The number of aromatic nitrogens is 3. The third-order valence-corrected chi connectivity index (χ3v) is 6.41. The summed E-state index contributed by atoms with van der Waals surface area (Å²) in [6.07, 6.45) is 0. The summed E-state index contributed by atoms with van der Waals surface area (Å²) in [5.74, 6) is 1.72. The van der Waals surface area contributed by atoms with E-state index in [1.54, 1.807) is 12.1 Å². The lowest BCUT2D eigenvalue weighted by Crippen LogP contribution is -2.00. The molecule has 174 valence electrons. The molecular formula is C32H19ClN4. The van der Waals surface area contributed by atoms with Crippen molar-refractivity contribution >= 4 is 28.1 Å². The van der Waals surface area contributed by atoms with E-state index in [2.05, 4.69) is 35.2 Å². The summed E-state index contributed by atoms with van der Waals surface area (Å²) in [5.41, 5.74) is 5.23. The molecule has 1 heterocycles. The number of hydrogen-bond acceptors (Lipinski definition) is 3. The van der Waals surface area contributed by atoms with Crippen LogP contribution in [0.25, 0.3) is 60.9 Å². The molecule has 5 aromatic carbocycles. The summed E-state index contributed by atoms with van der Waals surface area (Å²) in [7, 11) is 0. The van der Waals surface area contributed by atoms with Crippen LogP contribution in [0.5, 0.6) is 0 Å². The fourth-order valence-electron chi connectivity index (χ4n) is 4.28. The maximum absolute atomic E-state index is 7.26. The van der Waals surface area contributed by atoms with Gasteiger partial charge in [-0.2, -0.15) is 0 Å². The molecule has 0 aliphatic carbocycles. The van der Waals surface area contributed by atoms with Crippen LogP contribution < -0.4 is 0 Å². The van der Waals surface area contributed by atoms with Gasteiger partial charge in [0.05, 0.1) is 6.57 Å². The monoisotopic (exact) mass is 494 g/mol. The molecule has 37 heavy (non-hydrogen) atoms. The van der Waals surface area contributed by atoms with Crippen molar-refractivity contribution in [1.29, 1.82) is 0 Å². The van der Waals surface area contributed by atoms with E-state index in [0.29, 0.717) is 28.2 Å². The van der Waals surface area contributed by atoms with Crippen LogP contribution in [0.3, 0.4) is 0 Å². The zero-order valence-corrected chi connectivity index (χ0v) is 20.4. The molecule has 0 saturated carbocycles. The van der Waals surface area contributed by atoms with Gasteiger partial charge < -0.3 is 0 Å². The Morgan fingerprint density at radius 3 is 1.76 bits per heavy atom. The first-order valence-electron chi connectivity index (χ1n) is 11.8. The van der Waals surface area contributed by atoms with Gasteiger partial charge in [0, 0.05) is 21.7 Å². The molecule has 0 aliphatic rings. The van der Waals surface area contributed by atoms with Crippen LogP contribution in [0.15, 0.2) is 115 Å². The Hall–Kier alpha value is -4.85. The predicted molar refractivity (Wildman–Crippen MR) is 150 cm³/mol. The molecule has 4 nitrogen and oxygen atoms in total. The molecule has 0 spiro atoms. The zero-order chi connectivity index (χ0) is 25.2. The van der Waals surface area contributed by atoms with Crippen molar-refractivity contribution in [3.8, 4) is 45.3 Å². The van der Waals surface area contributed by atoms with Crippen molar-refractivity contribution in [3.05, 3.63) is 132 Å². The first-order chi connectivity index (χ1) is 18.2.